The van der Waals surface area contributed by atoms with E-state index in [2.05, 4.69) is 11.4 Å². The molecule has 1 aliphatic carbocycles. The van der Waals surface area contributed by atoms with Crippen molar-refractivity contribution >= 4 is 5.91 Å². The van der Waals surface area contributed by atoms with E-state index in [0.29, 0.717) is 5.41 Å². The van der Waals surface area contributed by atoms with Crippen LogP contribution in [0.4, 0.5) is 0 Å². The largest absolute Gasteiger partial charge is 0.366 e. The number of amides is 1. The molecule has 1 fully saturated rings. The van der Waals surface area contributed by atoms with Gasteiger partial charge in [-0.1, -0.05) is 12.1 Å². The maximum Gasteiger partial charge on any atom is 0.248 e. The summed E-state index contributed by atoms with van der Waals surface area (Å²) in [6.07, 6.45) is 4.55. The summed E-state index contributed by atoms with van der Waals surface area (Å²) in [5.74, 6) is -0.284. The SMILES string of the molecule is NC(=O)c1cccc2c1CCC21CCNCC1. The number of fused-ring (bicyclic) bond motifs is 2. The molecule has 0 saturated carbocycles. The monoisotopic (exact) mass is 230 g/mol. The van der Waals surface area contributed by atoms with Gasteiger partial charge in [0.05, 0.1) is 0 Å². The molecule has 0 unspecified atom stereocenters. The second-order valence-corrected chi connectivity index (χ2v) is 5.23. The van der Waals surface area contributed by atoms with Crippen molar-refractivity contribution in [3.05, 3.63) is 34.9 Å². The van der Waals surface area contributed by atoms with E-state index < -0.39 is 0 Å². The normalized spacial score (nSPS) is 21.4. The van der Waals surface area contributed by atoms with Crippen molar-refractivity contribution in [1.29, 1.82) is 0 Å². The lowest BCUT2D eigenvalue weighted by Gasteiger charge is -2.35. The number of piperidine rings is 1. The highest BCUT2D eigenvalue weighted by molar-refractivity contribution is 5.95. The topological polar surface area (TPSA) is 55.1 Å². The van der Waals surface area contributed by atoms with E-state index in [-0.39, 0.29) is 5.91 Å². The molecule has 1 amide bonds. The molecule has 0 bridgehead atoms. The minimum atomic E-state index is -0.284. The molecule has 1 heterocycles. The van der Waals surface area contributed by atoms with Gasteiger partial charge in [-0.25, -0.2) is 0 Å². The molecule has 1 saturated heterocycles. The number of benzene rings is 1. The highest BCUT2D eigenvalue weighted by atomic mass is 16.1. The number of hydrogen-bond acceptors (Lipinski definition) is 2. The van der Waals surface area contributed by atoms with Gasteiger partial charge >= 0.3 is 0 Å². The van der Waals surface area contributed by atoms with Gasteiger partial charge in [0.1, 0.15) is 0 Å². The first-order valence-corrected chi connectivity index (χ1v) is 6.36. The maximum atomic E-state index is 11.4. The third kappa shape index (κ3) is 1.57. The second-order valence-electron chi connectivity index (χ2n) is 5.23. The minimum absolute atomic E-state index is 0.284. The van der Waals surface area contributed by atoms with E-state index in [1.807, 2.05) is 12.1 Å². The fourth-order valence-electron chi connectivity index (χ4n) is 3.51. The standard InChI is InChI=1S/C14H18N2O/c15-13(17)11-2-1-3-12-10(11)4-5-14(12)6-8-16-9-7-14/h1-3,16H,4-9H2,(H2,15,17). The Balaban J connectivity index is 2.08. The molecule has 1 aromatic carbocycles. The van der Waals surface area contributed by atoms with Gasteiger partial charge in [-0.3, -0.25) is 4.79 Å². The van der Waals surface area contributed by atoms with Crippen LogP contribution in [0.3, 0.4) is 0 Å². The Morgan fingerprint density at radius 1 is 1.24 bits per heavy atom. The van der Waals surface area contributed by atoms with E-state index in [4.69, 9.17) is 5.73 Å². The quantitative estimate of drug-likeness (QED) is 0.765. The Morgan fingerprint density at radius 2 is 2.00 bits per heavy atom. The van der Waals surface area contributed by atoms with E-state index in [1.165, 1.54) is 30.4 Å². The minimum Gasteiger partial charge on any atom is -0.366 e. The summed E-state index contributed by atoms with van der Waals surface area (Å²) >= 11 is 0. The molecule has 0 atom stereocenters. The third-order valence-corrected chi connectivity index (χ3v) is 4.43. The molecular formula is C14H18N2O. The van der Waals surface area contributed by atoms with Crippen molar-refractivity contribution in [2.45, 2.75) is 31.1 Å². The highest BCUT2D eigenvalue weighted by Gasteiger charge is 2.40. The molecule has 1 aromatic rings. The van der Waals surface area contributed by atoms with Crippen LogP contribution in [0.2, 0.25) is 0 Å². The van der Waals surface area contributed by atoms with Gasteiger partial charge in [0.2, 0.25) is 5.91 Å². The van der Waals surface area contributed by atoms with Crippen molar-refractivity contribution in [2.75, 3.05) is 13.1 Å². The van der Waals surface area contributed by atoms with Crippen LogP contribution in [0.25, 0.3) is 0 Å². The first-order chi connectivity index (χ1) is 8.23. The molecule has 3 rings (SSSR count). The molecule has 90 valence electrons. The van der Waals surface area contributed by atoms with Crippen molar-refractivity contribution < 1.29 is 4.79 Å². The molecular weight excluding hydrogens is 212 g/mol. The van der Waals surface area contributed by atoms with Crippen LogP contribution in [0.15, 0.2) is 18.2 Å². The van der Waals surface area contributed by atoms with Crippen LogP contribution in [0, 0.1) is 0 Å². The van der Waals surface area contributed by atoms with Crippen LogP contribution in [-0.4, -0.2) is 19.0 Å². The number of carbonyl (C=O) groups excluding carboxylic acids is 1. The molecule has 3 nitrogen and oxygen atoms in total. The third-order valence-electron chi connectivity index (χ3n) is 4.43. The molecule has 1 spiro atoms. The van der Waals surface area contributed by atoms with E-state index in [9.17, 15) is 4.79 Å². The first kappa shape index (κ1) is 10.8. The molecule has 3 heteroatoms. The smallest absolute Gasteiger partial charge is 0.248 e. The summed E-state index contributed by atoms with van der Waals surface area (Å²) in [4.78, 5) is 11.4. The summed E-state index contributed by atoms with van der Waals surface area (Å²) in [6, 6.07) is 6.04. The number of primary amides is 1. The van der Waals surface area contributed by atoms with Crippen molar-refractivity contribution in [3.63, 3.8) is 0 Å². The van der Waals surface area contributed by atoms with Crippen LogP contribution in [0.1, 0.15) is 40.7 Å². The average molecular weight is 230 g/mol. The van der Waals surface area contributed by atoms with Crippen molar-refractivity contribution in [3.8, 4) is 0 Å². The zero-order valence-corrected chi connectivity index (χ0v) is 9.96. The van der Waals surface area contributed by atoms with Gasteiger partial charge in [0.15, 0.2) is 0 Å². The van der Waals surface area contributed by atoms with Gasteiger partial charge in [0, 0.05) is 5.56 Å². The van der Waals surface area contributed by atoms with Crippen molar-refractivity contribution in [1.82, 2.24) is 5.32 Å². The molecule has 0 aromatic heterocycles. The molecule has 0 radical (unpaired) electrons. The lowest BCUT2D eigenvalue weighted by Crippen LogP contribution is -2.38. The predicted octanol–water partition coefficient (Wildman–Crippen LogP) is 1.35. The summed E-state index contributed by atoms with van der Waals surface area (Å²) in [7, 11) is 0. The number of rotatable bonds is 1. The van der Waals surface area contributed by atoms with Crippen LogP contribution < -0.4 is 11.1 Å². The fraction of sp³-hybridized carbons (Fsp3) is 0.500. The highest BCUT2D eigenvalue weighted by Crippen LogP contribution is 2.45. The van der Waals surface area contributed by atoms with E-state index in [1.54, 1.807) is 0 Å². The lowest BCUT2D eigenvalue weighted by molar-refractivity contribution is 0.0999. The predicted molar refractivity (Wildman–Crippen MR) is 67.1 cm³/mol. The Labute approximate surface area is 101 Å². The molecule has 17 heavy (non-hydrogen) atoms. The van der Waals surface area contributed by atoms with Crippen LogP contribution in [-0.2, 0) is 11.8 Å². The summed E-state index contributed by atoms with van der Waals surface area (Å²) < 4.78 is 0. The Hall–Kier alpha value is -1.35. The number of nitrogens with two attached hydrogens (primary N) is 1. The van der Waals surface area contributed by atoms with Gasteiger partial charge < -0.3 is 11.1 Å². The van der Waals surface area contributed by atoms with Crippen LogP contribution in [0.5, 0.6) is 0 Å². The Kier molecular flexibility index (Phi) is 2.44. The second kappa shape index (κ2) is 3.84. The van der Waals surface area contributed by atoms with E-state index in [0.717, 1.165) is 25.1 Å². The Morgan fingerprint density at radius 3 is 2.71 bits per heavy atom. The fourth-order valence-corrected chi connectivity index (χ4v) is 3.51. The number of nitrogens with one attached hydrogen (secondary N) is 1. The van der Waals surface area contributed by atoms with Gasteiger partial charge in [-0.15, -0.1) is 0 Å². The molecule has 3 N–H and O–H groups in total. The van der Waals surface area contributed by atoms with Crippen LogP contribution >= 0.6 is 0 Å². The zero-order valence-electron chi connectivity index (χ0n) is 9.96. The average Bonchev–Trinajstić information content (AvgIpc) is 2.69. The first-order valence-electron chi connectivity index (χ1n) is 6.36. The van der Waals surface area contributed by atoms with Crippen molar-refractivity contribution in [2.24, 2.45) is 5.73 Å². The van der Waals surface area contributed by atoms with Gasteiger partial charge in [-0.2, -0.15) is 0 Å². The molecule has 1 aliphatic heterocycles. The Bertz CT molecular complexity index is 461. The van der Waals surface area contributed by atoms with Gasteiger partial charge in [-0.05, 0) is 61.4 Å². The van der Waals surface area contributed by atoms with E-state index >= 15 is 0 Å². The summed E-state index contributed by atoms with van der Waals surface area (Å²) in [5.41, 5.74) is 9.09. The molecule has 2 aliphatic rings. The number of carbonyl (C=O) groups is 1. The maximum absolute atomic E-state index is 11.4. The summed E-state index contributed by atoms with van der Waals surface area (Å²) in [6.45, 7) is 2.17. The zero-order chi connectivity index (χ0) is 11.9. The lowest BCUT2D eigenvalue weighted by atomic mass is 9.74. The number of hydrogen-bond donors (Lipinski definition) is 2. The summed E-state index contributed by atoms with van der Waals surface area (Å²) in [5, 5.41) is 3.41. The van der Waals surface area contributed by atoms with Gasteiger partial charge in [0.25, 0.3) is 0 Å².